The molecule has 38 heavy (non-hydrogen) atoms. The molecule has 4 rings (SSSR count). The highest BCUT2D eigenvalue weighted by molar-refractivity contribution is 5.96. The van der Waals surface area contributed by atoms with Crippen LogP contribution in [0, 0.1) is 6.92 Å². The molecule has 2 aromatic carbocycles. The van der Waals surface area contributed by atoms with Gasteiger partial charge in [0.1, 0.15) is 6.61 Å². The Hall–Kier alpha value is -3.26. The van der Waals surface area contributed by atoms with Crippen molar-refractivity contribution in [2.24, 2.45) is 11.5 Å². The van der Waals surface area contributed by atoms with E-state index < -0.39 is 11.1 Å². The summed E-state index contributed by atoms with van der Waals surface area (Å²) < 4.78 is 11.6. The molecule has 1 saturated carbocycles. The third-order valence-corrected chi connectivity index (χ3v) is 6.81. The first-order valence-electron chi connectivity index (χ1n) is 13.2. The van der Waals surface area contributed by atoms with E-state index in [-0.39, 0.29) is 31.5 Å². The van der Waals surface area contributed by atoms with Crippen LogP contribution in [0.25, 0.3) is 11.3 Å². The lowest BCUT2D eigenvalue weighted by molar-refractivity contribution is 0.0970. The molecule has 3 aromatic rings. The molecule has 0 radical (unpaired) electrons. The van der Waals surface area contributed by atoms with E-state index in [1.807, 2.05) is 52.0 Å². The predicted molar refractivity (Wildman–Crippen MR) is 149 cm³/mol. The highest BCUT2D eigenvalue weighted by Gasteiger charge is 2.29. The molecule has 0 aliphatic heterocycles. The monoisotopic (exact) mass is 517 g/mol. The summed E-state index contributed by atoms with van der Waals surface area (Å²) in [7, 11) is 0. The van der Waals surface area contributed by atoms with E-state index in [4.69, 9.17) is 25.9 Å². The molecule has 7 nitrogen and oxygen atoms in total. The average Bonchev–Trinajstić information content (AvgIpc) is 3.70. The van der Waals surface area contributed by atoms with Crippen LogP contribution in [-0.2, 0) is 11.1 Å². The van der Waals surface area contributed by atoms with Gasteiger partial charge in [-0.05, 0) is 82.9 Å². The van der Waals surface area contributed by atoms with Gasteiger partial charge in [-0.25, -0.2) is 0 Å². The number of aliphatic hydroxyl groups excluding tert-OH is 1. The molecular formula is C31H39N3O4. The lowest BCUT2D eigenvalue weighted by Crippen LogP contribution is -2.36. The molecule has 1 aliphatic carbocycles. The summed E-state index contributed by atoms with van der Waals surface area (Å²) in [5.41, 5.74) is 16.9. The number of hydrogen-bond acceptors (Lipinski definition) is 7. The number of rotatable bonds is 12. The van der Waals surface area contributed by atoms with Gasteiger partial charge in [-0.1, -0.05) is 29.8 Å². The summed E-state index contributed by atoms with van der Waals surface area (Å²) in [6, 6.07) is 17.4. The Balaban J connectivity index is 1.55. The Morgan fingerprint density at radius 2 is 1.74 bits per heavy atom. The first-order chi connectivity index (χ1) is 18.0. The smallest absolute Gasteiger partial charge is 0.163 e. The van der Waals surface area contributed by atoms with E-state index in [0.29, 0.717) is 29.2 Å². The largest absolute Gasteiger partial charge is 0.487 e. The number of hydrogen-bond donors (Lipinski definition) is 3. The second-order valence-corrected chi connectivity index (χ2v) is 11.1. The fraction of sp³-hybridized carbons (Fsp3) is 0.419. The number of Topliss-reactive ketones (excluding diaryl/α,β-unsaturated/α-hetero) is 1. The van der Waals surface area contributed by atoms with Crippen LogP contribution in [0.1, 0.15) is 73.6 Å². The third-order valence-electron chi connectivity index (χ3n) is 6.81. The van der Waals surface area contributed by atoms with Crippen LogP contribution < -0.4 is 20.9 Å². The molecule has 7 heteroatoms. The van der Waals surface area contributed by atoms with E-state index in [2.05, 4.69) is 12.1 Å². The van der Waals surface area contributed by atoms with E-state index in [1.165, 1.54) is 5.56 Å². The van der Waals surface area contributed by atoms with Gasteiger partial charge in [-0.3, -0.25) is 9.78 Å². The number of nitrogens with two attached hydrogens (primary N) is 2. The Morgan fingerprint density at radius 1 is 1.03 bits per heavy atom. The van der Waals surface area contributed by atoms with Gasteiger partial charge in [-0.15, -0.1) is 0 Å². The Kier molecular flexibility index (Phi) is 8.21. The van der Waals surface area contributed by atoms with Crippen molar-refractivity contribution in [3.05, 3.63) is 77.0 Å². The average molecular weight is 518 g/mol. The molecule has 5 N–H and O–H groups in total. The normalized spacial score (nSPS) is 15.1. The van der Waals surface area contributed by atoms with E-state index in [9.17, 15) is 9.90 Å². The minimum Gasteiger partial charge on any atom is -0.487 e. The van der Waals surface area contributed by atoms with Crippen molar-refractivity contribution in [1.29, 1.82) is 0 Å². The van der Waals surface area contributed by atoms with Gasteiger partial charge < -0.3 is 26.0 Å². The van der Waals surface area contributed by atoms with Crippen LogP contribution in [0.5, 0.6) is 11.5 Å². The van der Waals surface area contributed by atoms with E-state index in [0.717, 1.165) is 29.7 Å². The zero-order chi connectivity index (χ0) is 27.5. The molecule has 1 aromatic heterocycles. The number of nitrogens with zero attached hydrogens (tertiary/aromatic N) is 1. The molecule has 202 valence electrons. The minimum absolute atomic E-state index is 0.0532. The lowest BCUT2D eigenvalue weighted by atomic mass is 9.86. The van der Waals surface area contributed by atoms with Crippen molar-refractivity contribution in [3.63, 3.8) is 0 Å². The van der Waals surface area contributed by atoms with Crippen molar-refractivity contribution < 1.29 is 19.4 Å². The first-order valence-corrected chi connectivity index (χ1v) is 13.2. The highest BCUT2D eigenvalue weighted by atomic mass is 16.5. The Bertz CT molecular complexity index is 1280. The number of ketones is 1. The molecule has 1 atom stereocenters. The maximum atomic E-state index is 13.2. The fourth-order valence-corrected chi connectivity index (χ4v) is 4.13. The SMILES string of the molecule is Cc1ccc(-c2cc(C(C)(C)N)cc(C(C)(N)CCC(=O)c3ccc(OC4CC4)c(OCCO)c3)n2)cc1. The van der Waals surface area contributed by atoms with Crippen LogP contribution in [-0.4, -0.2) is 35.2 Å². The number of aliphatic hydroxyl groups is 1. The summed E-state index contributed by atoms with van der Waals surface area (Å²) in [4.78, 5) is 18.1. The van der Waals surface area contributed by atoms with Gasteiger partial charge in [0.15, 0.2) is 17.3 Å². The highest BCUT2D eigenvalue weighted by Crippen LogP contribution is 2.35. The van der Waals surface area contributed by atoms with E-state index >= 15 is 0 Å². The third kappa shape index (κ3) is 6.98. The second kappa shape index (κ2) is 11.2. The number of benzene rings is 2. The molecule has 0 amide bonds. The summed E-state index contributed by atoms with van der Waals surface area (Å²) in [6.45, 7) is 7.86. The number of pyridine rings is 1. The van der Waals surface area contributed by atoms with Crippen molar-refractivity contribution in [2.45, 2.75) is 70.6 Å². The summed E-state index contributed by atoms with van der Waals surface area (Å²) in [5, 5.41) is 9.19. The molecule has 0 spiro atoms. The number of aromatic nitrogens is 1. The standard InChI is InChI=1S/C31H39N3O4/c1-20-5-7-21(8-6-20)25-18-23(30(2,3)32)19-29(34-25)31(4,33)14-13-26(36)22-9-12-27(38-24-10-11-24)28(17-22)37-16-15-35/h5-9,12,17-19,24,35H,10-11,13-16,32-33H2,1-4H3. The number of carbonyl (C=O) groups is 1. The zero-order valence-corrected chi connectivity index (χ0v) is 22.8. The molecule has 1 unspecified atom stereocenters. The maximum absolute atomic E-state index is 13.2. The van der Waals surface area contributed by atoms with Gasteiger partial charge in [0.25, 0.3) is 0 Å². The summed E-state index contributed by atoms with van der Waals surface area (Å²) >= 11 is 0. The van der Waals surface area contributed by atoms with Crippen LogP contribution in [0.15, 0.2) is 54.6 Å². The van der Waals surface area contributed by atoms with Gasteiger partial charge in [0.2, 0.25) is 0 Å². The van der Waals surface area contributed by atoms with Crippen molar-refractivity contribution in [3.8, 4) is 22.8 Å². The maximum Gasteiger partial charge on any atom is 0.163 e. The fourth-order valence-electron chi connectivity index (χ4n) is 4.13. The van der Waals surface area contributed by atoms with Crippen LogP contribution in [0.2, 0.25) is 0 Å². The summed E-state index contributed by atoms with van der Waals surface area (Å²) in [6.07, 6.45) is 2.84. The Labute approximate surface area is 225 Å². The first kappa shape index (κ1) is 27.8. The molecule has 1 fully saturated rings. The lowest BCUT2D eigenvalue weighted by Gasteiger charge is -2.28. The van der Waals surface area contributed by atoms with Gasteiger partial charge in [0, 0.05) is 23.1 Å². The molecule has 0 saturated heterocycles. The van der Waals surface area contributed by atoms with Gasteiger partial charge in [-0.2, -0.15) is 0 Å². The summed E-state index contributed by atoms with van der Waals surface area (Å²) in [5.74, 6) is 1.01. The quantitative estimate of drug-likeness (QED) is 0.289. The molecular weight excluding hydrogens is 478 g/mol. The number of aryl methyl sites for hydroxylation is 1. The van der Waals surface area contributed by atoms with Crippen LogP contribution in [0.3, 0.4) is 0 Å². The van der Waals surface area contributed by atoms with Crippen molar-refractivity contribution >= 4 is 5.78 Å². The molecule has 0 bridgehead atoms. The topological polar surface area (TPSA) is 121 Å². The van der Waals surface area contributed by atoms with Gasteiger partial charge in [0.05, 0.1) is 29.6 Å². The van der Waals surface area contributed by atoms with Crippen LogP contribution >= 0.6 is 0 Å². The zero-order valence-electron chi connectivity index (χ0n) is 22.8. The molecule has 1 aliphatic rings. The second-order valence-electron chi connectivity index (χ2n) is 11.1. The Morgan fingerprint density at radius 3 is 2.37 bits per heavy atom. The minimum atomic E-state index is -0.860. The molecule has 1 heterocycles. The number of ether oxygens (including phenoxy) is 2. The van der Waals surface area contributed by atoms with E-state index in [1.54, 1.807) is 18.2 Å². The number of carbonyl (C=O) groups excluding carboxylic acids is 1. The van der Waals surface area contributed by atoms with Crippen molar-refractivity contribution in [2.75, 3.05) is 13.2 Å². The van der Waals surface area contributed by atoms with Crippen molar-refractivity contribution in [1.82, 2.24) is 4.98 Å². The predicted octanol–water partition coefficient (Wildman–Crippen LogP) is 5.00. The van der Waals surface area contributed by atoms with Crippen LogP contribution in [0.4, 0.5) is 0 Å². The van der Waals surface area contributed by atoms with Gasteiger partial charge >= 0.3 is 0 Å².